The molecule has 0 unspecified atom stereocenters. The van der Waals surface area contributed by atoms with Crippen LogP contribution in [0.25, 0.3) is 16.7 Å². The van der Waals surface area contributed by atoms with Gasteiger partial charge in [0.15, 0.2) is 5.65 Å². The monoisotopic (exact) mass is 564 g/mol. The number of ether oxygens (including phenoxy) is 3. The van der Waals surface area contributed by atoms with E-state index in [1.807, 2.05) is 60.7 Å². The van der Waals surface area contributed by atoms with Gasteiger partial charge in [-0.1, -0.05) is 18.2 Å². The van der Waals surface area contributed by atoms with Crippen LogP contribution in [0.4, 0.5) is 23.0 Å². The average molecular weight is 565 g/mol. The summed E-state index contributed by atoms with van der Waals surface area (Å²) in [6.07, 6.45) is 1.74. The quantitative estimate of drug-likeness (QED) is 0.260. The van der Waals surface area contributed by atoms with Gasteiger partial charge in [0.25, 0.3) is 5.56 Å². The molecule has 0 radical (unpaired) electrons. The van der Waals surface area contributed by atoms with E-state index in [9.17, 15) is 4.79 Å². The standard InChI is InChI=1S/C32H32N6O4/c1-20-7-5-10-26-29(20)33-13-14-37(26)27-15-22-19-35-32(34-18-21-11-12-25(41-3)17-28(21)42-4)36-30(22)38(31(27)39)23-8-6-9-24(16-23)40-2/h5-12,15-17,19,33H,13-14,18H2,1-4H3,(H,34,35,36). The van der Waals surface area contributed by atoms with E-state index in [-0.39, 0.29) is 5.56 Å². The van der Waals surface area contributed by atoms with E-state index in [0.717, 1.165) is 27.9 Å². The molecule has 10 nitrogen and oxygen atoms in total. The molecule has 0 spiro atoms. The molecule has 0 bridgehead atoms. The van der Waals surface area contributed by atoms with Crippen LogP contribution in [0.15, 0.2) is 77.7 Å². The van der Waals surface area contributed by atoms with Crippen molar-refractivity contribution >= 4 is 34.0 Å². The molecule has 42 heavy (non-hydrogen) atoms. The number of anilines is 4. The molecule has 2 aromatic heterocycles. The number of methoxy groups -OCH3 is 3. The second-order valence-corrected chi connectivity index (χ2v) is 9.92. The summed E-state index contributed by atoms with van der Waals surface area (Å²) in [5.74, 6) is 2.41. The van der Waals surface area contributed by atoms with Gasteiger partial charge >= 0.3 is 0 Å². The highest BCUT2D eigenvalue weighted by atomic mass is 16.5. The highest BCUT2D eigenvalue weighted by Crippen LogP contribution is 2.36. The molecule has 3 aromatic carbocycles. The molecule has 3 heterocycles. The number of hydrogen-bond donors (Lipinski definition) is 2. The third-order valence-corrected chi connectivity index (χ3v) is 7.43. The Kier molecular flexibility index (Phi) is 7.26. The minimum absolute atomic E-state index is 0.188. The van der Waals surface area contributed by atoms with Crippen LogP contribution in [0.2, 0.25) is 0 Å². The molecule has 0 aliphatic carbocycles. The van der Waals surface area contributed by atoms with E-state index in [1.165, 1.54) is 0 Å². The van der Waals surface area contributed by atoms with Crippen molar-refractivity contribution < 1.29 is 14.2 Å². The molecule has 2 N–H and O–H groups in total. The van der Waals surface area contributed by atoms with E-state index in [2.05, 4.69) is 33.5 Å². The Morgan fingerprint density at radius 3 is 2.55 bits per heavy atom. The van der Waals surface area contributed by atoms with Crippen LogP contribution in [0.5, 0.6) is 17.2 Å². The maximum Gasteiger partial charge on any atom is 0.280 e. The highest BCUT2D eigenvalue weighted by molar-refractivity contribution is 5.86. The number of nitrogens with zero attached hydrogens (tertiary/aromatic N) is 4. The van der Waals surface area contributed by atoms with Crippen LogP contribution in [0, 0.1) is 6.92 Å². The van der Waals surface area contributed by atoms with Gasteiger partial charge in [0.2, 0.25) is 5.95 Å². The van der Waals surface area contributed by atoms with E-state index in [4.69, 9.17) is 19.2 Å². The van der Waals surface area contributed by atoms with Crippen molar-refractivity contribution in [3.05, 3.63) is 94.4 Å². The maximum absolute atomic E-state index is 14.4. The van der Waals surface area contributed by atoms with Crippen LogP contribution in [0.3, 0.4) is 0 Å². The predicted octanol–water partition coefficient (Wildman–Crippen LogP) is 5.29. The van der Waals surface area contributed by atoms with Crippen molar-refractivity contribution in [1.29, 1.82) is 0 Å². The first kappa shape index (κ1) is 26.9. The fourth-order valence-electron chi connectivity index (χ4n) is 5.29. The van der Waals surface area contributed by atoms with Crippen molar-refractivity contribution in [2.24, 2.45) is 0 Å². The zero-order valence-electron chi connectivity index (χ0n) is 24.0. The molecule has 0 fully saturated rings. The van der Waals surface area contributed by atoms with Crippen molar-refractivity contribution in [3.8, 4) is 22.9 Å². The molecule has 5 aromatic rings. The fraction of sp³-hybridized carbons (Fsp3) is 0.219. The third-order valence-electron chi connectivity index (χ3n) is 7.43. The summed E-state index contributed by atoms with van der Waals surface area (Å²) in [5, 5.41) is 7.49. The Balaban J connectivity index is 1.47. The van der Waals surface area contributed by atoms with Crippen molar-refractivity contribution in [2.75, 3.05) is 50.0 Å². The van der Waals surface area contributed by atoms with Gasteiger partial charge in [-0.3, -0.25) is 9.36 Å². The number of aryl methyl sites for hydroxylation is 1. The summed E-state index contributed by atoms with van der Waals surface area (Å²) < 4.78 is 18.0. The van der Waals surface area contributed by atoms with Crippen molar-refractivity contribution in [1.82, 2.24) is 14.5 Å². The van der Waals surface area contributed by atoms with Crippen LogP contribution in [0.1, 0.15) is 11.1 Å². The number of benzene rings is 3. The molecule has 6 rings (SSSR count). The predicted molar refractivity (Wildman–Crippen MR) is 165 cm³/mol. The van der Waals surface area contributed by atoms with Gasteiger partial charge in [-0.25, -0.2) is 4.98 Å². The summed E-state index contributed by atoms with van der Waals surface area (Å²) in [4.78, 5) is 25.8. The minimum Gasteiger partial charge on any atom is -0.497 e. The van der Waals surface area contributed by atoms with Gasteiger partial charge in [0, 0.05) is 48.9 Å². The molecule has 10 heteroatoms. The van der Waals surface area contributed by atoms with Crippen molar-refractivity contribution in [3.63, 3.8) is 0 Å². The SMILES string of the molecule is COc1cccc(-n2c(=O)c(N3CCNc4c(C)cccc43)cc3cnc(NCc4ccc(OC)cc4OC)nc32)c1. The second kappa shape index (κ2) is 11.3. The molecular formula is C32H32N6O4. The summed E-state index contributed by atoms with van der Waals surface area (Å²) in [5.41, 5.74) is 5.51. The average Bonchev–Trinajstić information content (AvgIpc) is 3.03. The molecule has 0 atom stereocenters. The second-order valence-electron chi connectivity index (χ2n) is 9.92. The first-order chi connectivity index (χ1) is 20.5. The first-order valence-corrected chi connectivity index (χ1v) is 13.6. The first-order valence-electron chi connectivity index (χ1n) is 13.6. The minimum atomic E-state index is -0.188. The highest BCUT2D eigenvalue weighted by Gasteiger charge is 2.24. The maximum atomic E-state index is 14.4. The Hall–Kier alpha value is -5.25. The molecule has 1 aliphatic rings. The lowest BCUT2D eigenvalue weighted by Crippen LogP contribution is -2.35. The zero-order valence-corrected chi connectivity index (χ0v) is 24.0. The van der Waals surface area contributed by atoms with Gasteiger partial charge < -0.3 is 29.7 Å². The Labute approximate surface area is 243 Å². The van der Waals surface area contributed by atoms with E-state index in [0.29, 0.717) is 59.9 Å². The topological polar surface area (TPSA) is 103 Å². The summed E-state index contributed by atoms with van der Waals surface area (Å²) in [6.45, 7) is 3.83. The van der Waals surface area contributed by atoms with Gasteiger partial charge in [0.05, 0.1) is 38.4 Å². The van der Waals surface area contributed by atoms with Crippen LogP contribution in [-0.4, -0.2) is 49.0 Å². The smallest absolute Gasteiger partial charge is 0.280 e. The normalized spacial score (nSPS) is 12.4. The zero-order chi connectivity index (χ0) is 29.2. The van der Waals surface area contributed by atoms with Gasteiger partial charge in [-0.15, -0.1) is 0 Å². The fourth-order valence-corrected chi connectivity index (χ4v) is 5.29. The number of fused-ring (bicyclic) bond motifs is 2. The Morgan fingerprint density at radius 2 is 1.74 bits per heavy atom. The molecule has 214 valence electrons. The summed E-state index contributed by atoms with van der Waals surface area (Å²) >= 11 is 0. The molecule has 0 amide bonds. The number of nitrogens with one attached hydrogen (secondary N) is 2. The summed E-state index contributed by atoms with van der Waals surface area (Å²) in [7, 11) is 4.84. The lowest BCUT2D eigenvalue weighted by atomic mass is 10.1. The molecule has 1 aliphatic heterocycles. The number of aromatic nitrogens is 3. The number of para-hydroxylation sites is 1. The van der Waals surface area contributed by atoms with Gasteiger partial charge in [0.1, 0.15) is 22.9 Å². The van der Waals surface area contributed by atoms with Crippen LogP contribution < -0.4 is 35.3 Å². The van der Waals surface area contributed by atoms with E-state index < -0.39 is 0 Å². The Bertz CT molecular complexity index is 1840. The van der Waals surface area contributed by atoms with Gasteiger partial charge in [-0.05, 0) is 48.9 Å². The third kappa shape index (κ3) is 4.91. The Morgan fingerprint density at radius 1 is 0.929 bits per heavy atom. The van der Waals surface area contributed by atoms with E-state index >= 15 is 0 Å². The molecular weight excluding hydrogens is 532 g/mol. The molecule has 0 saturated heterocycles. The van der Waals surface area contributed by atoms with E-state index in [1.54, 1.807) is 32.1 Å². The number of pyridine rings is 1. The molecule has 0 saturated carbocycles. The van der Waals surface area contributed by atoms with Crippen LogP contribution >= 0.6 is 0 Å². The van der Waals surface area contributed by atoms with Crippen molar-refractivity contribution in [2.45, 2.75) is 13.5 Å². The lowest BCUT2D eigenvalue weighted by Gasteiger charge is -2.33. The van der Waals surface area contributed by atoms with Crippen LogP contribution in [-0.2, 0) is 6.54 Å². The number of hydrogen-bond acceptors (Lipinski definition) is 9. The number of rotatable bonds is 8. The lowest BCUT2D eigenvalue weighted by molar-refractivity contribution is 0.391. The van der Waals surface area contributed by atoms with Gasteiger partial charge in [-0.2, -0.15) is 4.98 Å². The largest absolute Gasteiger partial charge is 0.497 e. The summed E-state index contributed by atoms with van der Waals surface area (Å²) in [6, 6.07) is 21.0.